The van der Waals surface area contributed by atoms with Crippen LogP contribution in [-0.4, -0.2) is 65.9 Å². The van der Waals surface area contributed by atoms with E-state index in [0.29, 0.717) is 19.6 Å². The van der Waals surface area contributed by atoms with Gasteiger partial charge in [-0.25, -0.2) is 9.59 Å². The van der Waals surface area contributed by atoms with Crippen molar-refractivity contribution in [1.82, 2.24) is 10.2 Å². The zero-order valence-corrected chi connectivity index (χ0v) is 19.9. The molecular formula is C27H30N2O6. The molecule has 35 heavy (non-hydrogen) atoms. The van der Waals surface area contributed by atoms with Crippen LogP contribution in [0.1, 0.15) is 37.3 Å². The molecule has 2 saturated heterocycles. The van der Waals surface area contributed by atoms with Crippen LogP contribution < -0.4 is 5.32 Å². The van der Waals surface area contributed by atoms with Crippen molar-refractivity contribution in [2.45, 2.75) is 37.8 Å². The van der Waals surface area contributed by atoms with E-state index in [1.807, 2.05) is 50.2 Å². The first kappa shape index (κ1) is 23.4. The van der Waals surface area contributed by atoms with Crippen LogP contribution in [0.5, 0.6) is 0 Å². The number of hydrogen-bond donors (Lipinski definition) is 2. The van der Waals surface area contributed by atoms with E-state index >= 15 is 0 Å². The van der Waals surface area contributed by atoms with Crippen LogP contribution in [0.3, 0.4) is 0 Å². The second-order valence-electron chi connectivity index (χ2n) is 9.94. The topological polar surface area (TPSA) is 105 Å². The fraction of sp³-hybridized carbons (Fsp3) is 0.444. The number of benzene rings is 2. The summed E-state index contributed by atoms with van der Waals surface area (Å²) in [4.78, 5) is 39.5. The van der Waals surface area contributed by atoms with Gasteiger partial charge in [-0.15, -0.1) is 0 Å². The standard InChI is InChI=1S/C27H30N2O6/c1-16(2)23(24(30)29-13-17-11-12-35-27(17,15-29)25(31)32)28-26(33)34-14-22-20-9-5-3-7-18(20)19-8-4-6-10-21(19)22/h3-10,16-17,22-23H,11-15H2,1-2H3,(H,28,33)(H,31,32). The number of alkyl carbamates (subject to hydrolysis) is 1. The number of hydrogen-bond acceptors (Lipinski definition) is 5. The maximum absolute atomic E-state index is 13.3. The van der Waals surface area contributed by atoms with Gasteiger partial charge in [0.15, 0.2) is 5.60 Å². The summed E-state index contributed by atoms with van der Waals surface area (Å²) in [6.07, 6.45) is -0.0649. The smallest absolute Gasteiger partial charge is 0.407 e. The normalized spacial score (nSPS) is 23.5. The second kappa shape index (κ2) is 9.00. The summed E-state index contributed by atoms with van der Waals surface area (Å²) in [6.45, 7) is 4.51. The zero-order chi connectivity index (χ0) is 24.7. The average molecular weight is 479 g/mol. The molecule has 3 unspecified atom stereocenters. The first-order chi connectivity index (χ1) is 16.8. The summed E-state index contributed by atoms with van der Waals surface area (Å²) in [6, 6.07) is 15.4. The van der Waals surface area contributed by atoms with E-state index in [-0.39, 0.29) is 36.8 Å². The number of carboxylic acids is 1. The largest absolute Gasteiger partial charge is 0.479 e. The Labute approximate surface area is 204 Å². The van der Waals surface area contributed by atoms with Gasteiger partial charge in [-0.3, -0.25) is 4.79 Å². The van der Waals surface area contributed by atoms with Crippen molar-refractivity contribution in [1.29, 1.82) is 0 Å². The molecule has 0 aromatic heterocycles. The molecule has 3 aliphatic rings. The minimum atomic E-state index is -1.35. The molecule has 0 radical (unpaired) electrons. The zero-order valence-electron chi connectivity index (χ0n) is 19.9. The third-order valence-corrected chi connectivity index (χ3v) is 7.58. The summed E-state index contributed by atoms with van der Waals surface area (Å²) < 4.78 is 11.2. The Kier molecular flexibility index (Phi) is 6.01. The van der Waals surface area contributed by atoms with E-state index in [4.69, 9.17) is 9.47 Å². The van der Waals surface area contributed by atoms with Crippen molar-refractivity contribution in [2.75, 3.05) is 26.3 Å². The van der Waals surface area contributed by atoms with E-state index in [1.54, 1.807) is 0 Å². The lowest BCUT2D eigenvalue weighted by Crippen LogP contribution is -2.52. The van der Waals surface area contributed by atoms with E-state index in [2.05, 4.69) is 17.4 Å². The summed E-state index contributed by atoms with van der Waals surface area (Å²) >= 11 is 0. The molecule has 2 aliphatic heterocycles. The molecule has 2 amide bonds. The average Bonchev–Trinajstić information content (AvgIpc) is 3.50. The number of amides is 2. The summed E-state index contributed by atoms with van der Waals surface area (Å²) in [5.41, 5.74) is 3.16. The molecule has 3 atom stereocenters. The fourth-order valence-electron chi connectivity index (χ4n) is 5.71. The molecule has 1 aliphatic carbocycles. The SMILES string of the molecule is CC(C)C(NC(=O)OCC1c2ccccc2-c2ccccc21)C(=O)N1CC2CCOC2(C(=O)O)C1. The number of carbonyl (C=O) groups is 3. The minimum Gasteiger partial charge on any atom is -0.479 e. The third-order valence-electron chi connectivity index (χ3n) is 7.58. The van der Waals surface area contributed by atoms with Crippen LogP contribution >= 0.6 is 0 Å². The molecule has 5 rings (SSSR count). The predicted molar refractivity (Wildman–Crippen MR) is 128 cm³/mol. The van der Waals surface area contributed by atoms with Crippen LogP contribution in [0, 0.1) is 11.8 Å². The van der Waals surface area contributed by atoms with Gasteiger partial charge in [0.1, 0.15) is 12.6 Å². The van der Waals surface area contributed by atoms with Crippen molar-refractivity contribution in [3.8, 4) is 11.1 Å². The van der Waals surface area contributed by atoms with Gasteiger partial charge >= 0.3 is 12.1 Å². The molecule has 2 heterocycles. The van der Waals surface area contributed by atoms with Crippen molar-refractivity contribution >= 4 is 18.0 Å². The van der Waals surface area contributed by atoms with Gasteiger partial charge in [0, 0.05) is 25.0 Å². The molecule has 2 N–H and O–H groups in total. The lowest BCUT2D eigenvalue weighted by Gasteiger charge is -2.28. The number of carboxylic acid groups (broad SMARTS) is 1. The van der Waals surface area contributed by atoms with Crippen molar-refractivity contribution in [3.63, 3.8) is 0 Å². The highest BCUT2D eigenvalue weighted by molar-refractivity contribution is 5.88. The number of likely N-dealkylation sites (tertiary alicyclic amines) is 1. The first-order valence-electron chi connectivity index (χ1n) is 12.1. The van der Waals surface area contributed by atoms with Gasteiger partial charge < -0.3 is 24.8 Å². The molecule has 2 aromatic rings. The molecule has 2 aromatic carbocycles. The molecular weight excluding hydrogens is 448 g/mol. The van der Waals surface area contributed by atoms with Crippen LogP contribution in [0.25, 0.3) is 11.1 Å². The number of rotatable bonds is 6. The minimum absolute atomic E-state index is 0.0125. The maximum atomic E-state index is 13.3. The fourth-order valence-corrected chi connectivity index (χ4v) is 5.71. The lowest BCUT2D eigenvalue weighted by atomic mass is 9.91. The predicted octanol–water partition coefficient (Wildman–Crippen LogP) is 3.25. The van der Waals surface area contributed by atoms with Crippen LogP contribution in [0.4, 0.5) is 4.79 Å². The highest BCUT2D eigenvalue weighted by Crippen LogP contribution is 2.44. The number of fused-ring (bicyclic) bond motifs is 4. The molecule has 0 saturated carbocycles. The Bertz CT molecular complexity index is 1120. The summed E-state index contributed by atoms with van der Waals surface area (Å²) in [7, 11) is 0. The Morgan fingerprint density at radius 2 is 1.74 bits per heavy atom. The highest BCUT2D eigenvalue weighted by atomic mass is 16.5. The molecule has 0 spiro atoms. The molecule has 184 valence electrons. The third kappa shape index (κ3) is 3.95. The quantitative estimate of drug-likeness (QED) is 0.660. The van der Waals surface area contributed by atoms with Gasteiger partial charge in [0.05, 0.1) is 6.54 Å². The highest BCUT2D eigenvalue weighted by Gasteiger charge is 2.58. The summed E-state index contributed by atoms with van der Waals surface area (Å²) in [5.74, 6) is -1.88. The van der Waals surface area contributed by atoms with Gasteiger partial charge in [-0.2, -0.15) is 0 Å². The van der Waals surface area contributed by atoms with Gasteiger partial charge in [-0.1, -0.05) is 62.4 Å². The summed E-state index contributed by atoms with van der Waals surface area (Å²) in [5, 5.41) is 12.5. The van der Waals surface area contributed by atoms with Crippen LogP contribution in [-0.2, 0) is 19.1 Å². The maximum Gasteiger partial charge on any atom is 0.407 e. The Morgan fingerprint density at radius 1 is 1.11 bits per heavy atom. The van der Waals surface area contributed by atoms with E-state index in [9.17, 15) is 19.5 Å². The van der Waals surface area contributed by atoms with Crippen LogP contribution in [0.2, 0.25) is 0 Å². The van der Waals surface area contributed by atoms with E-state index in [0.717, 1.165) is 22.3 Å². The molecule has 8 nitrogen and oxygen atoms in total. The number of aliphatic carboxylic acids is 1. The Balaban J connectivity index is 1.25. The van der Waals surface area contributed by atoms with E-state index in [1.165, 1.54) is 4.90 Å². The van der Waals surface area contributed by atoms with Gasteiger partial charge in [-0.05, 0) is 34.6 Å². The monoisotopic (exact) mass is 478 g/mol. The molecule has 2 fully saturated rings. The Morgan fingerprint density at radius 3 is 2.31 bits per heavy atom. The van der Waals surface area contributed by atoms with Crippen LogP contribution in [0.15, 0.2) is 48.5 Å². The molecule has 8 heteroatoms. The first-order valence-corrected chi connectivity index (χ1v) is 12.1. The molecule has 0 bridgehead atoms. The number of carbonyl (C=O) groups excluding carboxylic acids is 2. The Hall–Kier alpha value is -3.39. The van der Waals surface area contributed by atoms with Gasteiger partial charge in [0.2, 0.25) is 5.91 Å². The number of nitrogens with zero attached hydrogens (tertiary/aromatic N) is 1. The van der Waals surface area contributed by atoms with Crippen molar-refractivity contribution in [3.05, 3.63) is 59.7 Å². The number of ether oxygens (including phenoxy) is 2. The lowest BCUT2D eigenvalue weighted by molar-refractivity contribution is -0.161. The van der Waals surface area contributed by atoms with E-state index < -0.39 is 23.7 Å². The van der Waals surface area contributed by atoms with Gasteiger partial charge in [0.25, 0.3) is 0 Å². The van der Waals surface area contributed by atoms with Crippen molar-refractivity contribution < 1.29 is 29.0 Å². The number of nitrogens with one attached hydrogen (secondary N) is 1. The second-order valence-corrected chi connectivity index (χ2v) is 9.94. The van der Waals surface area contributed by atoms with Crippen molar-refractivity contribution in [2.24, 2.45) is 11.8 Å².